The van der Waals surface area contributed by atoms with Crippen molar-refractivity contribution in [3.05, 3.63) is 0 Å². The van der Waals surface area contributed by atoms with E-state index in [0.29, 0.717) is 12.1 Å². The Balaban J connectivity index is 2.08. The highest BCUT2D eigenvalue weighted by atomic mass is 32.1. The van der Waals surface area contributed by atoms with Gasteiger partial charge in [0.2, 0.25) is 0 Å². The predicted molar refractivity (Wildman–Crippen MR) is 107 cm³/mol. The first kappa shape index (κ1) is 21.3. The third kappa shape index (κ3) is 10.2. The highest BCUT2D eigenvalue weighted by molar-refractivity contribution is 7.80. The fourth-order valence-corrected chi connectivity index (χ4v) is 3.23. The van der Waals surface area contributed by atoms with Gasteiger partial charge in [-0.15, -0.1) is 0 Å². The van der Waals surface area contributed by atoms with Crippen molar-refractivity contribution in [2.24, 2.45) is 0 Å². The highest BCUT2D eigenvalue weighted by Gasteiger charge is 2.21. The largest absolute Gasteiger partial charge is 0.385 e. The van der Waals surface area contributed by atoms with Gasteiger partial charge in [0.1, 0.15) is 0 Å². The van der Waals surface area contributed by atoms with Crippen molar-refractivity contribution in [1.82, 2.24) is 21.3 Å². The second-order valence-electron chi connectivity index (χ2n) is 6.04. The fourth-order valence-electron chi connectivity index (χ4n) is 2.69. The molecule has 0 aromatic carbocycles. The van der Waals surface area contributed by atoms with Gasteiger partial charge in [0, 0.05) is 52.6 Å². The summed E-state index contributed by atoms with van der Waals surface area (Å²) in [6.45, 7) is 3.21. The van der Waals surface area contributed by atoms with Gasteiger partial charge in [0.25, 0.3) is 0 Å². The summed E-state index contributed by atoms with van der Waals surface area (Å²) in [5.41, 5.74) is 0. The number of nitrogens with one attached hydrogen (secondary N) is 4. The van der Waals surface area contributed by atoms with Crippen LogP contribution in [0.3, 0.4) is 0 Å². The first-order valence-electron chi connectivity index (χ1n) is 8.72. The van der Waals surface area contributed by atoms with Gasteiger partial charge in [-0.3, -0.25) is 0 Å². The van der Waals surface area contributed by atoms with Gasteiger partial charge in [-0.25, -0.2) is 0 Å². The molecule has 4 N–H and O–H groups in total. The fraction of sp³-hybridized carbons (Fsp3) is 0.875. The minimum Gasteiger partial charge on any atom is -0.385 e. The topological polar surface area (TPSA) is 66.6 Å². The molecular weight excluding hydrogens is 344 g/mol. The van der Waals surface area contributed by atoms with Crippen LogP contribution in [-0.4, -0.2) is 62.8 Å². The smallest absolute Gasteiger partial charge is 0.166 e. The molecule has 1 saturated carbocycles. The van der Waals surface area contributed by atoms with E-state index in [0.717, 1.165) is 75.1 Å². The van der Waals surface area contributed by atoms with E-state index in [9.17, 15) is 0 Å². The first-order valence-corrected chi connectivity index (χ1v) is 9.54. The molecule has 6 nitrogen and oxygen atoms in total. The van der Waals surface area contributed by atoms with Gasteiger partial charge in [0.15, 0.2) is 10.2 Å². The molecule has 0 saturated heterocycles. The molecule has 0 atom stereocenters. The van der Waals surface area contributed by atoms with Crippen molar-refractivity contribution in [2.75, 3.05) is 40.5 Å². The average molecular weight is 377 g/mol. The maximum absolute atomic E-state index is 5.33. The van der Waals surface area contributed by atoms with Crippen molar-refractivity contribution in [3.8, 4) is 0 Å². The summed E-state index contributed by atoms with van der Waals surface area (Å²) < 4.78 is 10.0. The van der Waals surface area contributed by atoms with Gasteiger partial charge in [-0.1, -0.05) is 0 Å². The van der Waals surface area contributed by atoms with Crippen LogP contribution in [0, 0.1) is 0 Å². The summed E-state index contributed by atoms with van der Waals surface area (Å²) in [5, 5.41) is 14.8. The van der Waals surface area contributed by atoms with Crippen LogP contribution in [0.1, 0.15) is 38.5 Å². The lowest BCUT2D eigenvalue weighted by Gasteiger charge is -2.31. The molecule has 1 rings (SSSR count). The van der Waals surface area contributed by atoms with E-state index in [-0.39, 0.29) is 0 Å². The molecule has 0 aliphatic heterocycles. The van der Waals surface area contributed by atoms with Crippen LogP contribution in [0.4, 0.5) is 0 Å². The molecule has 0 amide bonds. The molecule has 24 heavy (non-hydrogen) atoms. The van der Waals surface area contributed by atoms with Gasteiger partial charge >= 0.3 is 0 Å². The minimum atomic E-state index is 0.453. The second kappa shape index (κ2) is 13.6. The quantitative estimate of drug-likeness (QED) is 0.336. The van der Waals surface area contributed by atoms with Crippen LogP contribution in [0.25, 0.3) is 0 Å². The first-order chi connectivity index (χ1) is 11.7. The number of methoxy groups -OCH3 is 2. The summed E-state index contributed by atoms with van der Waals surface area (Å²) in [6, 6.07) is 0.905. The van der Waals surface area contributed by atoms with Crippen molar-refractivity contribution in [1.29, 1.82) is 0 Å². The zero-order valence-corrected chi connectivity index (χ0v) is 16.5. The van der Waals surface area contributed by atoms with Crippen LogP contribution in [0.2, 0.25) is 0 Å². The van der Waals surface area contributed by atoms with Crippen molar-refractivity contribution >= 4 is 34.7 Å². The van der Waals surface area contributed by atoms with E-state index in [1.165, 1.54) is 0 Å². The van der Waals surface area contributed by atoms with Gasteiger partial charge < -0.3 is 30.7 Å². The molecule has 0 aromatic rings. The molecule has 0 unspecified atom stereocenters. The van der Waals surface area contributed by atoms with E-state index >= 15 is 0 Å². The van der Waals surface area contributed by atoms with Crippen molar-refractivity contribution in [2.45, 2.75) is 50.6 Å². The van der Waals surface area contributed by atoms with Crippen LogP contribution in [0.5, 0.6) is 0 Å². The van der Waals surface area contributed by atoms with Crippen LogP contribution in [0.15, 0.2) is 0 Å². The third-order valence-electron chi connectivity index (χ3n) is 4.02. The lowest BCUT2D eigenvalue weighted by atomic mass is 9.91. The number of thiocarbonyl (C=S) groups is 2. The number of ether oxygens (including phenoxy) is 2. The average Bonchev–Trinajstić information content (AvgIpc) is 2.57. The van der Waals surface area contributed by atoms with Crippen LogP contribution < -0.4 is 21.3 Å². The maximum atomic E-state index is 5.33. The van der Waals surface area contributed by atoms with Crippen molar-refractivity contribution < 1.29 is 9.47 Å². The predicted octanol–water partition coefficient (Wildman–Crippen LogP) is 1.30. The standard InChI is InChI=1S/C16H32N4O2S2/c1-21-11-3-9-17-15(23)19-13-5-7-14(8-6-13)20-16(24)18-10-4-12-22-2/h13-14H,3-12H2,1-2H3,(H2,17,19,23)(H2,18,20,24). The van der Waals surface area contributed by atoms with E-state index in [4.69, 9.17) is 33.9 Å². The van der Waals surface area contributed by atoms with Crippen LogP contribution >= 0.6 is 24.4 Å². The van der Waals surface area contributed by atoms with E-state index in [1.807, 2.05) is 0 Å². The zero-order valence-electron chi connectivity index (χ0n) is 14.9. The third-order valence-corrected chi connectivity index (χ3v) is 4.54. The van der Waals surface area contributed by atoms with E-state index < -0.39 is 0 Å². The Hall–Kier alpha value is -0.700. The molecule has 1 fully saturated rings. The zero-order chi connectivity index (χ0) is 17.6. The highest BCUT2D eigenvalue weighted by Crippen LogP contribution is 2.18. The van der Waals surface area contributed by atoms with E-state index in [2.05, 4.69) is 21.3 Å². The molecule has 0 aromatic heterocycles. The molecule has 0 radical (unpaired) electrons. The Morgan fingerprint density at radius 1 is 0.792 bits per heavy atom. The molecule has 8 heteroatoms. The Labute approximate surface area is 156 Å². The number of rotatable bonds is 10. The van der Waals surface area contributed by atoms with E-state index in [1.54, 1.807) is 14.2 Å². The summed E-state index contributed by atoms with van der Waals surface area (Å²) >= 11 is 10.7. The molecule has 1 aliphatic rings. The lowest BCUT2D eigenvalue weighted by molar-refractivity contribution is 0.195. The van der Waals surface area contributed by atoms with Gasteiger partial charge in [-0.2, -0.15) is 0 Å². The lowest BCUT2D eigenvalue weighted by Crippen LogP contribution is -2.48. The molecule has 0 bridgehead atoms. The summed E-state index contributed by atoms with van der Waals surface area (Å²) in [5.74, 6) is 0. The molecule has 140 valence electrons. The summed E-state index contributed by atoms with van der Waals surface area (Å²) in [4.78, 5) is 0. The normalized spacial score (nSPS) is 20.2. The Bertz CT molecular complexity index is 330. The number of hydrogen-bond acceptors (Lipinski definition) is 4. The molecular formula is C16H32N4O2S2. The van der Waals surface area contributed by atoms with Gasteiger partial charge in [-0.05, 0) is 63.0 Å². The minimum absolute atomic E-state index is 0.453. The Morgan fingerprint density at radius 2 is 1.17 bits per heavy atom. The summed E-state index contributed by atoms with van der Waals surface area (Å²) in [6.07, 6.45) is 6.33. The van der Waals surface area contributed by atoms with Gasteiger partial charge in [0.05, 0.1) is 0 Å². The SMILES string of the molecule is COCCCNC(=S)NC1CCC(NC(=S)NCCCOC)CC1. The van der Waals surface area contributed by atoms with Crippen molar-refractivity contribution in [3.63, 3.8) is 0 Å². The maximum Gasteiger partial charge on any atom is 0.166 e. The Morgan fingerprint density at radius 3 is 1.50 bits per heavy atom. The Kier molecular flexibility index (Phi) is 12.1. The molecule has 0 spiro atoms. The van der Waals surface area contributed by atoms with Crippen LogP contribution in [-0.2, 0) is 9.47 Å². The molecule has 0 heterocycles. The molecule has 1 aliphatic carbocycles. The number of hydrogen-bond donors (Lipinski definition) is 4. The summed E-state index contributed by atoms with van der Waals surface area (Å²) in [7, 11) is 3.42. The second-order valence-corrected chi connectivity index (χ2v) is 6.86. The monoisotopic (exact) mass is 376 g/mol.